The fourth-order valence-electron chi connectivity index (χ4n) is 1.85. The number of hydrogen-bond donors (Lipinski definition) is 0. The van der Waals surface area contributed by atoms with Crippen molar-refractivity contribution >= 4 is 22.4 Å². The van der Waals surface area contributed by atoms with Crippen molar-refractivity contribution < 1.29 is 4.74 Å². The first-order valence-electron chi connectivity index (χ1n) is 5.90. The minimum atomic E-state index is 0.435. The maximum absolute atomic E-state index is 5.91. The molecule has 0 saturated heterocycles. The summed E-state index contributed by atoms with van der Waals surface area (Å²) in [6.45, 7) is 0.479. The first-order valence-corrected chi connectivity index (χ1v) is 6.28. The highest BCUT2D eigenvalue weighted by atomic mass is 35.5. The van der Waals surface area contributed by atoms with Gasteiger partial charge >= 0.3 is 0 Å². The Bertz CT molecular complexity index is 701. The number of halogens is 1. The molecule has 0 aliphatic heterocycles. The number of hydrogen-bond acceptors (Lipinski definition) is 3. The third kappa shape index (κ3) is 2.66. The van der Waals surface area contributed by atoms with Gasteiger partial charge in [-0.15, -0.1) is 0 Å². The van der Waals surface area contributed by atoms with Gasteiger partial charge in [0.15, 0.2) is 0 Å². The SMILES string of the molecule is Clc1cc2c(OCc3ccccc3)nccc2cn1. The molecule has 2 aromatic heterocycles. The highest BCUT2D eigenvalue weighted by Gasteiger charge is 2.05. The Morgan fingerprint density at radius 3 is 2.74 bits per heavy atom. The predicted octanol–water partition coefficient (Wildman–Crippen LogP) is 3.86. The zero-order valence-corrected chi connectivity index (χ0v) is 10.8. The molecule has 3 nitrogen and oxygen atoms in total. The van der Waals surface area contributed by atoms with E-state index in [2.05, 4.69) is 9.97 Å². The van der Waals surface area contributed by atoms with Crippen molar-refractivity contribution in [2.75, 3.05) is 0 Å². The van der Waals surface area contributed by atoms with Crippen LogP contribution in [0.3, 0.4) is 0 Å². The second-order valence-electron chi connectivity index (χ2n) is 4.12. The van der Waals surface area contributed by atoms with E-state index in [4.69, 9.17) is 16.3 Å². The summed E-state index contributed by atoms with van der Waals surface area (Å²) in [5, 5.41) is 2.27. The van der Waals surface area contributed by atoms with Crippen LogP contribution in [-0.2, 0) is 6.61 Å². The van der Waals surface area contributed by atoms with Gasteiger partial charge in [-0.3, -0.25) is 0 Å². The lowest BCUT2D eigenvalue weighted by Crippen LogP contribution is -1.97. The number of aromatic nitrogens is 2. The molecule has 0 amide bonds. The van der Waals surface area contributed by atoms with E-state index in [0.717, 1.165) is 16.3 Å². The average molecular weight is 271 g/mol. The Hall–Kier alpha value is -2.13. The molecule has 0 saturated carbocycles. The third-order valence-corrected chi connectivity index (χ3v) is 3.00. The number of pyridine rings is 2. The van der Waals surface area contributed by atoms with Crippen molar-refractivity contribution in [2.24, 2.45) is 0 Å². The van der Waals surface area contributed by atoms with Crippen molar-refractivity contribution in [1.29, 1.82) is 0 Å². The largest absolute Gasteiger partial charge is 0.472 e. The number of fused-ring (bicyclic) bond motifs is 1. The van der Waals surface area contributed by atoms with Crippen molar-refractivity contribution in [3.63, 3.8) is 0 Å². The van der Waals surface area contributed by atoms with Crippen LogP contribution in [0.2, 0.25) is 5.15 Å². The summed E-state index contributed by atoms with van der Waals surface area (Å²) < 4.78 is 5.76. The lowest BCUT2D eigenvalue weighted by atomic mass is 10.2. The van der Waals surface area contributed by atoms with Crippen molar-refractivity contribution in [2.45, 2.75) is 6.61 Å². The molecule has 0 spiro atoms. The zero-order valence-electron chi connectivity index (χ0n) is 10.1. The van der Waals surface area contributed by atoms with Gasteiger partial charge in [0.25, 0.3) is 0 Å². The third-order valence-electron chi connectivity index (χ3n) is 2.80. The minimum Gasteiger partial charge on any atom is -0.472 e. The van der Waals surface area contributed by atoms with Crippen LogP contribution in [0.5, 0.6) is 5.88 Å². The standard InChI is InChI=1S/C15H11ClN2O/c16-14-8-13-12(9-18-14)6-7-17-15(13)19-10-11-4-2-1-3-5-11/h1-9H,10H2. The number of ether oxygens (including phenoxy) is 1. The van der Waals surface area contributed by atoms with Crippen molar-refractivity contribution in [1.82, 2.24) is 9.97 Å². The summed E-state index contributed by atoms with van der Waals surface area (Å²) in [7, 11) is 0. The van der Waals surface area contributed by atoms with Gasteiger partial charge in [0.05, 0.1) is 0 Å². The van der Waals surface area contributed by atoms with E-state index in [0.29, 0.717) is 17.6 Å². The molecule has 0 bridgehead atoms. The van der Waals surface area contributed by atoms with Crippen LogP contribution in [0, 0.1) is 0 Å². The van der Waals surface area contributed by atoms with Crippen LogP contribution >= 0.6 is 11.6 Å². The van der Waals surface area contributed by atoms with Gasteiger partial charge < -0.3 is 4.74 Å². The second-order valence-corrected chi connectivity index (χ2v) is 4.51. The average Bonchev–Trinajstić information content (AvgIpc) is 2.46. The summed E-state index contributed by atoms with van der Waals surface area (Å²) in [6, 6.07) is 13.6. The van der Waals surface area contributed by atoms with Gasteiger partial charge in [-0.1, -0.05) is 41.9 Å². The van der Waals surface area contributed by atoms with Crippen molar-refractivity contribution in [3.05, 3.63) is 65.6 Å². The quantitative estimate of drug-likeness (QED) is 0.678. The van der Waals surface area contributed by atoms with Crippen LogP contribution in [-0.4, -0.2) is 9.97 Å². The van der Waals surface area contributed by atoms with Gasteiger partial charge in [0.1, 0.15) is 11.8 Å². The first-order chi connectivity index (χ1) is 9.33. The summed E-state index contributed by atoms with van der Waals surface area (Å²) in [5.74, 6) is 0.575. The Kier molecular flexibility index (Phi) is 3.29. The summed E-state index contributed by atoms with van der Waals surface area (Å²) in [6.07, 6.45) is 3.42. The maximum Gasteiger partial charge on any atom is 0.221 e. The first kappa shape index (κ1) is 11.9. The van der Waals surface area contributed by atoms with Crippen LogP contribution in [0.25, 0.3) is 10.8 Å². The van der Waals surface area contributed by atoms with Gasteiger partial charge in [0.2, 0.25) is 5.88 Å². The van der Waals surface area contributed by atoms with E-state index >= 15 is 0 Å². The monoisotopic (exact) mass is 270 g/mol. The lowest BCUT2D eigenvalue weighted by Gasteiger charge is -2.08. The van der Waals surface area contributed by atoms with E-state index in [1.165, 1.54) is 0 Å². The predicted molar refractivity (Wildman–Crippen MR) is 75.3 cm³/mol. The molecular weight excluding hydrogens is 260 g/mol. The highest BCUT2D eigenvalue weighted by molar-refractivity contribution is 6.30. The van der Waals surface area contributed by atoms with Crippen LogP contribution in [0.1, 0.15) is 5.56 Å². The molecule has 0 fully saturated rings. The summed E-state index contributed by atoms with van der Waals surface area (Å²) in [4.78, 5) is 8.30. The van der Waals surface area contributed by atoms with E-state index in [1.54, 1.807) is 18.5 Å². The normalized spacial score (nSPS) is 10.6. The van der Waals surface area contributed by atoms with E-state index in [1.807, 2.05) is 36.4 Å². The molecule has 0 aliphatic carbocycles. The summed E-state index contributed by atoms with van der Waals surface area (Å²) in [5.41, 5.74) is 1.10. The lowest BCUT2D eigenvalue weighted by molar-refractivity contribution is 0.298. The topological polar surface area (TPSA) is 35.0 Å². The number of benzene rings is 1. The molecule has 0 atom stereocenters. The highest BCUT2D eigenvalue weighted by Crippen LogP contribution is 2.25. The van der Waals surface area contributed by atoms with E-state index in [9.17, 15) is 0 Å². The molecule has 19 heavy (non-hydrogen) atoms. The van der Waals surface area contributed by atoms with Gasteiger partial charge in [-0.05, 0) is 17.7 Å². The summed E-state index contributed by atoms with van der Waals surface area (Å²) >= 11 is 5.91. The Morgan fingerprint density at radius 2 is 1.89 bits per heavy atom. The zero-order chi connectivity index (χ0) is 13.1. The fourth-order valence-corrected chi connectivity index (χ4v) is 2.01. The Morgan fingerprint density at radius 1 is 1.05 bits per heavy atom. The second kappa shape index (κ2) is 5.24. The maximum atomic E-state index is 5.91. The van der Waals surface area contributed by atoms with E-state index < -0.39 is 0 Å². The minimum absolute atomic E-state index is 0.435. The molecule has 1 aromatic carbocycles. The van der Waals surface area contributed by atoms with Crippen LogP contribution in [0.4, 0.5) is 0 Å². The van der Waals surface area contributed by atoms with E-state index in [-0.39, 0.29) is 0 Å². The van der Waals surface area contributed by atoms with Crippen LogP contribution < -0.4 is 4.74 Å². The van der Waals surface area contributed by atoms with Gasteiger partial charge in [-0.2, -0.15) is 0 Å². The van der Waals surface area contributed by atoms with Crippen molar-refractivity contribution in [3.8, 4) is 5.88 Å². The van der Waals surface area contributed by atoms with Gasteiger partial charge in [0, 0.05) is 23.2 Å². The molecule has 3 aromatic rings. The molecule has 0 N–H and O–H groups in total. The van der Waals surface area contributed by atoms with Crippen LogP contribution in [0.15, 0.2) is 54.9 Å². The Balaban J connectivity index is 1.90. The molecule has 2 heterocycles. The molecule has 0 aliphatic rings. The molecule has 0 radical (unpaired) electrons. The number of rotatable bonds is 3. The Labute approximate surface area is 115 Å². The molecular formula is C15H11ClN2O. The fraction of sp³-hybridized carbons (Fsp3) is 0.0667. The smallest absolute Gasteiger partial charge is 0.221 e. The van der Waals surface area contributed by atoms with Gasteiger partial charge in [-0.25, -0.2) is 9.97 Å². The molecule has 94 valence electrons. The number of nitrogens with zero attached hydrogens (tertiary/aromatic N) is 2. The molecule has 3 rings (SSSR count). The molecule has 0 unspecified atom stereocenters. The molecule has 4 heteroatoms.